The summed E-state index contributed by atoms with van der Waals surface area (Å²) in [6.07, 6.45) is 1.06. The van der Waals surface area contributed by atoms with E-state index in [1.165, 1.54) is 5.56 Å². The predicted octanol–water partition coefficient (Wildman–Crippen LogP) is 4.43. The first-order valence-corrected chi connectivity index (χ1v) is 7.48. The van der Waals surface area contributed by atoms with Crippen LogP contribution in [-0.4, -0.2) is 12.1 Å². The van der Waals surface area contributed by atoms with E-state index in [0.29, 0.717) is 12.0 Å². The maximum atomic E-state index is 5.75. The molecule has 0 radical (unpaired) electrons. The molecule has 1 aromatic heterocycles. The lowest BCUT2D eigenvalue weighted by Gasteiger charge is -2.20. The number of nitrogens with one attached hydrogen (secondary N) is 1. The molecule has 20 heavy (non-hydrogen) atoms. The third-order valence-electron chi connectivity index (χ3n) is 3.12. The SMILES string of the molecule is Cc1oc(COCCC(C)(C)C)cc1CNC(C)(C)C. The first kappa shape index (κ1) is 17.3. The minimum absolute atomic E-state index is 0.118. The molecule has 0 saturated carbocycles. The van der Waals surface area contributed by atoms with E-state index in [9.17, 15) is 0 Å². The Morgan fingerprint density at radius 1 is 1.15 bits per heavy atom. The molecular weight excluding hydrogens is 250 g/mol. The molecule has 3 heteroatoms. The van der Waals surface area contributed by atoms with Crippen LogP contribution in [0.3, 0.4) is 0 Å². The van der Waals surface area contributed by atoms with Gasteiger partial charge in [-0.2, -0.15) is 0 Å². The molecule has 1 N–H and O–H groups in total. The van der Waals surface area contributed by atoms with Gasteiger partial charge >= 0.3 is 0 Å². The van der Waals surface area contributed by atoms with Crippen LogP contribution in [0.15, 0.2) is 10.5 Å². The van der Waals surface area contributed by atoms with Crippen LogP contribution in [0.25, 0.3) is 0 Å². The zero-order chi connectivity index (χ0) is 15.4. The Balaban J connectivity index is 2.41. The van der Waals surface area contributed by atoms with Crippen molar-refractivity contribution < 1.29 is 9.15 Å². The van der Waals surface area contributed by atoms with Gasteiger partial charge in [-0.3, -0.25) is 0 Å². The molecule has 0 aliphatic carbocycles. The number of rotatable bonds is 6. The van der Waals surface area contributed by atoms with Gasteiger partial charge in [0.2, 0.25) is 0 Å². The third-order valence-corrected chi connectivity index (χ3v) is 3.12. The molecule has 0 bridgehead atoms. The molecule has 1 aromatic rings. The maximum absolute atomic E-state index is 5.75. The molecule has 0 aliphatic rings. The van der Waals surface area contributed by atoms with E-state index in [1.807, 2.05) is 6.92 Å². The van der Waals surface area contributed by atoms with Crippen molar-refractivity contribution in [3.63, 3.8) is 0 Å². The summed E-state index contributed by atoms with van der Waals surface area (Å²) >= 11 is 0. The van der Waals surface area contributed by atoms with E-state index in [2.05, 4.69) is 52.9 Å². The lowest BCUT2D eigenvalue weighted by molar-refractivity contribution is 0.0839. The van der Waals surface area contributed by atoms with Gasteiger partial charge in [-0.1, -0.05) is 20.8 Å². The van der Waals surface area contributed by atoms with E-state index in [1.54, 1.807) is 0 Å². The Morgan fingerprint density at radius 2 is 1.80 bits per heavy atom. The molecule has 0 saturated heterocycles. The van der Waals surface area contributed by atoms with Crippen molar-refractivity contribution in [1.29, 1.82) is 0 Å². The summed E-state index contributed by atoms with van der Waals surface area (Å²) in [5.41, 5.74) is 1.66. The van der Waals surface area contributed by atoms with Gasteiger partial charge in [0, 0.05) is 24.3 Å². The van der Waals surface area contributed by atoms with Gasteiger partial charge in [0.25, 0.3) is 0 Å². The van der Waals surface area contributed by atoms with Gasteiger partial charge in [0.05, 0.1) is 0 Å². The molecule has 0 aromatic carbocycles. The molecule has 0 aliphatic heterocycles. The molecule has 0 fully saturated rings. The van der Waals surface area contributed by atoms with E-state index in [4.69, 9.17) is 9.15 Å². The van der Waals surface area contributed by atoms with Crippen molar-refractivity contribution in [2.45, 2.75) is 73.6 Å². The van der Waals surface area contributed by atoms with E-state index in [-0.39, 0.29) is 5.54 Å². The number of ether oxygens (including phenoxy) is 1. The van der Waals surface area contributed by atoms with Crippen molar-refractivity contribution in [3.8, 4) is 0 Å². The Labute approximate surface area is 124 Å². The Hall–Kier alpha value is -0.800. The number of hydrogen-bond donors (Lipinski definition) is 1. The summed E-state index contributed by atoms with van der Waals surface area (Å²) in [7, 11) is 0. The Kier molecular flexibility index (Phi) is 5.84. The normalized spacial score (nSPS) is 12.9. The molecule has 1 heterocycles. The second kappa shape index (κ2) is 6.77. The second-order valence-electron chi connectivity index (χ2n) is 7.76. The minimum atomic E-state index is 0.118. The number of furan rings is 1. The van der Waals surface area contributed by atoms with Gasteiger partial charge in [-0.25, -0.2) is 0 Å². The molecule has 0 spiro atoms. The van der Waals surface area contributed by atoms with Crippen molar-refractivity contribution in [2.75, 3.05) is 6.61 Å². The standard InChI is InChI=1S/C17H31NO2/c1-13-14(11-18-17(5,6)7)10-15(20-13)12-19-9-8-16(2,3)4/h10,18H,8-9,11-12H2,1-7H3. The quantitative estimate of drug-likeness (QED) is 0.783. The number of hydrogen-bond acceptors (Lipinski definition) is 3. The fourth-order valence-electron chi connectivity index (χ4n) is 1.75. The molecule has 0 atom stereocenters. The lowest BCUT2D eigenvalue weighted by atomic mass is 9.93. The molecule has 0 amide bonds. The van der Waals surface area contributed by atoms with Crippen LogP contribution in [0.5, 0.6) is 0 Å². The first-order chi connectivity index (χ1) is 9.07. The first-order valence-electron chi connectivity index (χ1n) is 7.48. The summed E-state index contributed by atoms with van der Waals surface area (Å²) < 4.78 is 11.4. The summed E-state index contributed by atoms with van der Waals surface area (Å²) in [6.45, 7) is 17.4. The van der Waals surface area contributed by atoms with Crippen LogP contribution < -0.4 is 5.32 Å². The summed E-state index contributed by atoms with van der Waals surface area (Å²) in [5, 5.41) is 3.48. The van der Waals surface area contributed by atoms with Crippen molar-refractivity contribution in [3.05, 3.63) is 23.2 Å². The fraction of sp³-hybridized carbons (Fsp3) is 0.765. The van der Waals surface area contributed by atoms with Gasteiger partial charge in [0.15, 0.2) is 0 Å². The van der Waals surface area contributed by atoms with Crippen LogP contribution in [-0.2, 0) is 17.9 Å². The highest BCUT2D eigenvalue weighted by molar-refractivity contribution is 5.20. The molecule has 3 nitrogen and oxygen atoms in total. The smallest absolute Gasteiger partial charge is 0.130 e. The van der Waals surface area contributed by atoms with E-state index in [0.717, 1.165) is 31.1 Å². The molecular formula is C17H31NO2. The van der Waals surface area contributed by atoms with E-state index >= 15 is 0 Å². The predicted molar refractivity (Wildman–Crippen MR) is 83.8 cm³/mol. The largest absolute Gasteiger partial charge is 0.464 e. The minimum Gasteiger partial charge on any atom is -0.464 e. The van der Waals surface area contributed by atoms with Crippen molar-refractivity contribution in [2.24, 2.45) is 5.41 Å². The average Bonchev–Trinajstić information content (AvgIpc) is 2.60. The Bertz CT molecular complexity index is 408. The highest BCUT2D eigenvalue weighted by atomic mass is 16.5. The van der Waals surface area contributed by atoms with Crippen LogP contribution in [0.1, 0.15) is 65.0 Å². The monoisotopic (exact) mass is 281 g/mol. The second-order valence-corrected chi connectivity index (χ2v) is 7.76. The van der Waals surface area contributed by atoms with Gasteiger partial charge in [-0.05, 0) is 45.6 Å². The average molecular weight is 281 g/mol. The zero-order valence-corrected chi connectivity index (χ0v) is 14.2. The topological polar surface area (TPSA) is 34.4 Å². The highest BCUT2D eigenvalue weighted by Crippen LogP contribution is 2.20. The highest BCUT2D eigenvalue weighted by Gasteiger charge is 2.13. The lowest BCUT2D eigenvalue weighted by Crippen LogP contribution is -2.35. The number of aryl methyl sites for hydroxylation is 1. The van der Waals surface area contributed by atoms with Crippen LogP contribution in [0.2, 0.25) is 0 Å². The molecule has 1 rings (SSSR count). The third kappa shape index (κ3) is 7.11. The Morgan fingerprint density at radius 3 is 2.35 bits per heavy atom. The van der Waals surface area contributed by atoms with Gasteiger partial charge < -0.3 is 14.5 Å². The summed E-state index contributed by atoms with van der Waals surface area (Å²) in [4.78, 5) is 0. The van der Waals surface area contributed by atoms with Crippen LogP contribution >= 0.6 is 0 Å². The van der Waals surface area contributed by atoms with Crippen LogP contribution in [0.4, 0.5) is 0 Å². The molecule has 116 valence electrons. The van der Waals surface area contributed by atoms with Gasteiger partial charge in [-0.15, -0.1) is 0 Å². The van der Waals surface area contributed by atoms with Crippen molar-refractivity contribution in [1.82, 2.24) is 5.32 Å². The zero-order valence-electron chi connectivity index (χ0n) is 14.2. The van der Waals surface area contributed by atoms with Crippen LogP contribution in [0, 0.1) is 12.3 Å². The maximum Gasteiger partial charge on any atom is 0.130 e. The summed E-state index contributed by atoms with van der Waals surface area (Å²) in [5.74, 6) is 1.90. The van der Waals surface area contributed by atoms with E-state index < -0.39 is 0 Å². The molecule has 0 unspecified atom stereocenters. The van der Waals surface area contributed by atoms with Gasteiger partial charge in [0.1, 0.15) is 18.1 Å². The summed E-state index contributed by atoms with van der Waals surface area (Å²) in [6, 6.07) is 2.10. The van der Waals surface area contributed by atoms with Crippen molar-refractivity contribution >= 4 is 0 Å². The fourth-order valence-corrected chi connectivity index (χ4v) is 1.75.